The molecule has 0 atom stereocenters. The SMILES string of the molecule is C=CCn1c(SCC(=O)Nc2ccc3c(c2)OCCO3)nc2c([nH]c3ccccc32)c1=O. The third-order valence-corrected chi connectivity index (χ3v) is 6.02. The first-order valence-electron chi connectivity index (χ1n) is 10.1. The zero-order chi connectivity index (χ0) is 22.1. The van der Waals surface area contributed by atoms with Crippen molar-refractivity contribution in [3.8, 4) is 11.5 Å². The number of rotatable bonds is 6. The van der Waals surface area contributed by atoms with Crippen molar-refractivity contribution in [3.63, 3.8) is 0 Å². The van der Waals surface area contributed by atoms with Crippen LogP contribution in [0.3, 0.4) is 0 Å². The van der Waals surface area contributed by atoms with E-state index in [4.69, 9.17) is 14.5 Å². The minimum atomic E-state index is -0.217. The summed E-state index contributed by atoms with van der Waals surface area (Å²) < 4.78 is 12.6. The molecule has 1 amide bonds. The van der Waals surface area contributed by atoms with Crippen LogP contribution in [0.2, 0.25) is 0 Å². The molecule has 0 radical (unpaired) electrons. The Morgan fingerprint density at radius 3 is 2.88 bits per heavy atom. The summed E-state index contributed by atoms with van der Waals surface area (Å²) in [5, 5.41) is 4.18. The fraction of sp³-hybridized carbons (Fsp3) is 0.174. The third kappa shape index (κ3) is 3.71. The van der Waals surface area contributed by atoms with Crippen LogP contribution in [0.5, 0.6) is 11.5 Å². The van der Waals surface area contributed by atoms with Gasteiger partial charge in [-0.05, 0) is 18.2 Å². The van der Waals surface area contributed by atoms with E-state index in [1.807, 2.05) is 24.3 Å². The number of H-pyrrole nitrogens is 1. The molecule has 1 aliphatic rings. The highest BCUT2D eigenvalue weighted by molar-refractivity contribution is 7.99. The average molecular weight is 449 g/mol. The Labute approximate surface area is 187 Å². The topological polar surface area (TPSA) is 98.2 Å². The van der Waals surface area contributed by atoms with Crippen LogP contribution in [0.25, 0.3) is 21.9 Å². The molecule has 162 valence electrons. The maximum atomic E-state index is 13.1. The van der Waals surface area contributed by atoms with Crippen molar-refractivity contribution < 1.29 is 14.3 Å². The second kappa shape index (κ2) is 8.43. The highest BCUT2D eigenvalue weighted by Crippen LogP contribution is 2.32. The molecule has 0 fully saturated rings. The summed E-state index contributed by atoms with van der Waals surface area (Å²) in [7, 11) is 0. The number of amides is 1. The van der Waals surface area contributed by atoms with Crippen molar-refractivity contribution in [3.05, 3.63) is 65.5 Å². The van der Waals surface area contributed by atoms with Crippen molar-refractivity contribution in [2.75, 3.05) is 24.3 Å². The van der Waals surface area contributed by atoms with Crippen molar-refractivity contribution in [1.29, 1.82) is 0 Å². The molecule has 0 bridgehead atoms. The number of nitrogens with zero attached hydrogens (tertiary/aromatic N) is 2. The van der Waals surface area contributed by atoms with Crippen LogP contribution in [0.1, 0.15) is 0 Å². The molecule has 0 saturated heterocycles. The van der Waals surface area contributed by atoms with Gasteiger partial charge in [0.25, 0.3) is 5.56 Å². The van der Waals surface area contributed by atoms with E-state index in [1.165, 1.54) is 16.3 Å². The Morgan fingerprint density at radius 2 is 2.03 bits per heavy atom. The summed E-state index contributed by atoms with van der Waals surface area (Å²) in [6.07, 6.45) is 1.64. The highest BCUT2D eigenvalue weighted by Gasteiger charge is 2.17. The van der Waals surface area contributed by atoms with Gasteiger partial charge in [0.05, 0.1) is 5.75 Å². The summed E-state index contributed by atoms with van der Waals surface area (Å²) >= 11 is 1.21. The predicted molar refractivity (Wildman–Crippen MR) is 125 cm³/mol. The van der Waals surface area contributed by atoms with Gasteiger partial charge in [0.15, 0.2) is 16.7 Å². The molecular formula is C23H20N4O4S. The minimum Gasteiger partial charge on any atom is -0.486 e. The Hall–Kier alpha value is -3.72. The lowest BCUT2D eigenvalue weighted by molar-refractivity contribution is -0.113. The number of ether oxygens (including phenoxy) is 2. The minimum absolute atomic E-state index is 0.0892. The normalized spacial score (nSPS) is 12.8. The van der Waals surface area contributed by atoms with Gasteiger partial charge in [0, 0.05) is 29.2 Å². The summed E-state index contributed by atoms with van der Waals surface area (Å²) in [5.74, 6) is 1.14. The van der Waals surface area contributed by atoms with Gasteiger partial charge in [-0.2, -0.15) is 0 Å². The van der Waals surface area contributed by atoms with Crippen molar-refractivity contribution in [2.24, 2.45) is 0 Å². The van der Waals surface area contributed by atoms with Gasteiger partial charge < -0.3 is 19.8 Å². The summed E-state index contributed by atoms with van der Waals surface area (Å²) in [5.41, 5.74) is 2.30. The number of carbonyl (C=O) groups is 1. The Morgan fingerprint density at radius 1 is 1.22 bits per heavy atom. The van der Waals surface area contributed by atoms with Crippen molar-refractivity contribution >= 4 is 45.3 Å². The molecule has 4 aromatic rings. The number of benzene rings is 2. The van der Waals surface area contributed by atoms with E-state index in [0.29, 0.717) is 53.1 Å². The number of hydrogen-bond acceptors (Lipinski definition) is 6. The van der Waals surface area contributed by atoms with Crippen LogP contribution in [0.4, 0.5) is 5.69 Å². The number of nitrogens with one attached hydrogen (secondary N) is 2. The summed E-state index contributed by atoms with van der Waals surface area (Å²) in [6.45, 7) is 5.02. The second-order valence-corrected chi connectivity index (χ2v) is 8.13. The molecule has 0 saturated carbocycles. The number of aromatic nitrogens is 3. The van der Waals surface area contributed by atoms with Gasteiger partial charge in [-0.15, -0.1) is 6.58 Å². The standard InChI is InChI=1S/C23H20N4O4S/c1-2-9-27-22(29)21-20(15-5-3-4-6-16(15)25-21)26-23(27)32-13-19(28)24-14-7-8-17-18(12-14)31-11-10-30-17/h2-8,12,25H,1,9-11,13H2,(H,24,28). The van der Waals surface area contributed by atoms with E-state index >= 15 is 0 Å². The largest absolute Gasteiger partial charge is 0.486 e. The van der Waals surface area contributed by atoms with Crippen LogP contribution in [0, 0.1) is 0 Å². The number of aromatic amines is 1. The molecule has 0 aliphatic carbocycles. The van der Waals surface area contributed by atoms with E-state index in [2.05, 4.69) is 16.9 Å². The number of thioether (sulfide) groups is 1. The highest BCUT2D eigenvalue weighted by atomic mass is 32.2. The number of anilines is 1. The van der Waals surface area contributed by atoms with E-state index in [1.54, 1.807) is 24.3 Å². The first-order chi connectivity index (χ1) is 15.6. The lowest BCUT2D eigenvalue weighted by Gasteiger charge is -2.19. The first kappa shape index (κ1) is 20.2. The fourth-order valence-corrected chi connectivity index (χ4v) is 4.43. The average Bonchev–Trinajstić information content (AvgIpc) is 3.19. The van der Waals surface area contributed by atoms with Gasteiger partial charge in [0.2, 0.25) is 5.91 Å². The number of allylic oxidation sites excluding steroid dienone is 1. The molecule has 5 rings (SSSR count). The second-order valence-electron chi connectivity index (χ2n) is 7.19. The van der Waals surface area contributed by atoms with Crippen LogP contribution in [-0.2, 0) is 11.3 Å². The summed E-state index contributed by atoms with van der Waals surface area (Å²) in [6, 6.07) is 12.9. The Balaban J connectivity index is 1.40. The van der Waals surface area contributed by atoms with Gasteiger partial charge in [-0.1, -0.05) is 36.0 Å². The predicted octanol–water partition coefficient (Wildman–Crippen LogP) is 3.57. The van der Waals surface area contributed by atoms with Crippen molar-refractivity contribution in [1.82, 2.24) is 14.5 Å². The summed E-state index contributed by atoms with van der Waals surface area (Å²) in [4.78, 5) is 33.5. The Kier molecular flexibility index (Phi) is 5.32. The molecule has 2 aromatic carbocycles. The number of carbonyl (C=O) groups excluding carboxylic acids is 1. The van der Waals surface area contributed by atoms with Gasteiger partial charge >= 0.3 is 0 Å². The number of para-hydroxylation sites is 1. The maximum Gasteiger partial charge on any atom is 0.278 e. The molecule has 1 aliphatic heterocycles. The van der Waals surface area contributed by atoms with E-state index in [-0.39, 0.29) is 17.2 Å². The monoisotopic (exact) mass is 448 g/mol. The van der Waals surface area contributed by atoms with Crippen LogP contribution in [0.15, 0.2) is 65.1 Å². The molecule has 0 unspecified atom stereocenters. The van der Waals surface area contributed by atoms with Crippen LogP contribution < -0.4 is 20.3 Å². The zero-order valence-electron chi connectivity index (χ0n) is 17.1. The lowest BCUT2D eigenvalue weighted by Crippen LogP contribution is -2.24. The Bertz CT molecular complexity index is 1410. The molecule has 2 N–H and O–H groups in total. The molecule has 0 spiro atoms. The zero-order valence-corrected chi connectivity index (χ0v) is 17.9. The fourth-order valence-electron chi connectivity index (χ4n) is 3.62. The molecule has 8 nitrogen and oxygen atoms in total. The first-order valence-corrected chi connectivity index (χ1v) is 11.1. The number of hydrogen-bond donors (Lipinski definition) is 2. The number of fused-ring (bicyclic) bond motifs is 4. The van der Waals surface area contributed by atoms with E-state index in [0.717, 1.165) is 10.9 Å². The van der Waals surface area contributed by atoms with E-state index in [9.17, 15) is 9.59 Å². The van der Waals surface area contributed by atoms with Gasteiger partial charge in [0.1, 0.15) is 24.2 Å². The van der Waals surface area contributed by atoms with Crippen LogP contribution in [-0.4, -0.2) is 39.4 Å². The molecular weight excluding hydrogens is 428 g/mol. The third-order valence-electron chi connectivity index (χ3n) is 5.05. The van der Waals surface area contributed by atoms with Gasteiger partial charge in [-0.3, -0.25) is 14.2 Å². The smallest absolute Gasteiger partial charge is 0.278 e. The molecule has 9 heteroatoms. The van der Waals surface area contributed by atoms with Gasteiger partial charge in [-0.25, -0.2) is 4.98 Å². The molecule has 3 heterocycles. The van der Waals surface area contributed by atoms with Crippen molar-refractivity contribution in [2.45, 2.75) is 11.7 Å². The quantitative estimate of drug-likeness (QED) is 0.266. The molecule has 32 heavy (non-hydrogen) atoms. The maximum absolute atomic E-state index is 13.1. The van der Waals surface area contributed by atoms with E-state index < -0.39 is 0 Å². The lowest BCUT2D eigenvalue weighted by atomic mass is 10.2. The molecule has 2 aromatic heterocycles. The van der Waals surface area contributed by atoms with Crippen LogP contribution >= 0.6 is 11.8 Å².